The van der Waals surface area contributed by atoms with Gasteiger partial charge >= 0.3 is 0 Å². The number of ether oxygens (including phenoxy) is 2. The largest absolute Gasteiger partial charge is 0.491 e. The number of benzene rings is 1. The molecule has 1 aromatic carbocycles. The van der Waals surface area contributed by atoms with Gasteiger partial charge < -0.3 is 9.47 Å². The standard InChI is InChI=1S/C22H32N2O2/c1-3-4-5-6-7-8-9-10-19-17-23-22(24-18-19)20-11-13-21(14-12-20)26-16-15-25-2/h11-14,17-18H,3-10,15-16H2,1-2H3. The normalized spacial score (nSPS) is 10.8. The second-order valence-corrected chi connectivity index (χ2v) is 6.65. The van der Waals surface area contributed by atoms with Crippen LogP contribution in [0.15, 0.2) is 36.7 Å². The second kappa shape index (κ2) is 12.4. The second-order valence-electron chi connectivity index (χ2n) is 6.65. The summed E-state index contributed by atoms with van der Waals surface area (Å²) in [5.74, 6) is 1.60. The molecule has 2 aromatic rings. The molecule has 0 amide bonds. The smallest absolute Gasteiger partial charge is 0.159 e. The topological polar surface area (TPSA) is 44.2 Å². The summed E-state index contributed by atoms with van der Waals surface area (Å²) in [6.07, 6.45) is 14.3. The van der Waals surface area contributed by atoms with Gasteiger partial charge in [-0.2, -0.15) is 0 Å². The van der Waals surface area contributed by atoms with Crippen LogP contribution in [0.3, 0.4) is 0 Å². The Kier molecular flexibility index (Phi) is 9.73. The summed E-state index contributed by atoms with van der Waals surface area (Å²) in [5, 5.41) is 0. The molecule has 0 radical (unpaired) electrons. The maximum absolute atomic E-state index is 5.58. The molecule has 0 aliphatic heterocycles. The zero-order valence-corrected chi connectivity index (χ0v) is 16.2. The molecule has 4 nitrogen and oxygen atoms in total. The molecule has 1 heterocycles. The van der Waals surface area contributed by atoms with Crippen molar-refractivity contribution in [2.45, 2.75) is 58.3 Å². The molecule has 0 fully saturated rings. The quantitative estimate of drug-likeness (QED) is 0.447. The number of methoxy groups -OCH3 is 1. The van der Waals surface area contributed by atoms with Crippen LogP contribution in [0.1, 0.15) is 57.4 Å². The Bertz CT molecular complexity index is 597. The number of rotatable bonds is 13. The minimum Gasteiger partial charge on any atom is -0.491 e. The van der Waals surface area contributed by atoms with Crippen LogP contribution in [0.5, 0.6) is 5.75 Å². The van der Waals surface area contributed by atoms with E-state index in [9.17, 15) is 0 Å². The van der Waals surface area contributed by atoms with Crippen molar-refractivity contribution in [1.82, 2.24) is 9.97 Å². The predicted octanol–water partition coefficient (Wildman–Crippen LogP) is 5.46. The van der Waals surface area contributed by atoms with E-state index in [1.165, 1.54) is 50.5 Å². The van der Waals surface area contributed by atoms with E-state index in [4.69, 9.17) is 9.47 Å². The summed E-state index contributed by atoms with van der Waals surface area (Å²) >= 11 is 0. The Hall–Kier alpha value is -1.94. The van der Waals surface area contributed by atoms with E-state index >= 15 is 0 Å². The van der Waals surface area contributed by atoms with E-state index in [0.29, 0.717) is 13.2 Å². The molecule has 142 valence electrons. The lowest BCUT2D eigenvalue weighted by molar-refractivity contribution is 0.146. The zero-order chi connectivity index (χ0) is 18.5. The number of unbranched alkanes of at least 4 members (excludes halogenated alkanes) is 6. The molecule has 0 saturated carbocycles. The Morgan fingerprint density at radius 1 is 0.808 bits per heavy atom. The molecule has 0 unspecified atom stereocenters. The number of hydrogen-bond donors (Lipinski definition) is 0. The number of nitrogens with zero attached hydrogens (tertiary/aromatic N) is 2. The Morgan fingerprint density at radius 2 is 1.46 bits per heavy atom. The van der Waals surface area contributed by atoms with Crippen molar-refractivity contribution in [3.63, 3.8) is 0 Å². The number of aryl methyl sites for hydroxylation is 1. The van der Waals surface area contributed by atoms with Gasteiger partial charge in [-0.25, -0.2) is 9.97 Å². The van der Waals surface area contributed by atoms with Gasteiger partial charge in [-0.1, -0.05) is 45.4 Å². The van der Waals surface area contributed by atoms with Gasteiger partial charge in [0.1, 0.15) is 12.4 Å². The van der Waals surface area contributed by atoms with E-state index in [2.05, 4.69) is 16.9 Å². The highest BCUT2D eigenvalue weighted by molar-refractivity contribution is 5.55. The third kappa shape index (κ3) is 7.52. The van der Waals surface area contributed by atoms with Crippen LogP contribution in [-0.2, 0) is 11.2 Å². The van der Waals surface area contributed by atoms with Gasteiger partial charge in [0, 0.05) is 25.1 Å². The number of hydrogen-bond acceptors (Lipinski definition) is 4. The van der Waals surface area contributed by atoms with Crippen molar-refractivity contribution < 1.29 is 9.47 Å². The SMILES string of the molecule is CCCCCCCCCc1cnc(-c2ccc(OCCOC)cc2)nc1. The molecule has 2 rings (SSSR count). The lowest BCUT2D eigenvalue weighted by Crippen LogP contribution is -2.04. The maximum Gasteiger partial charge on any atom is 0.159 e. The van der Waals surface area contributed by atoms with Gasteiger partial charge in [-0.3, -0.25) is 0 Å². The van der Waals surface area contributed by atoms with Crippen LogP contribution >= 0.6 is 0 Å². The summed E-state index contributed by atoms with van der Waals surface area (Å²) in [4.78, 5) is 9.04. The highest BCUT2D eigenvalue weighted by Gasteiger charge is 2.03. The predicted molar refractivity (Wildman–Crippen MR) is 107 cm³/mol. The van der Waals surface area contributed by atoms with Crippen LogP contribution < -0.4 is 4.74 Å². The molecule has 0 bridgehead atoms. The fraction of sp³-hybridized carbons (Fsp3) is 0.545. The summed E-state index contributed by atoms with van der Waals surface area (Å²) in [6, 6.07) is 7.88. The van der Waals surface area contributed by atoms with Crippen LogP contribution in [0.25, 0.3) is 11.4 Å². The van der Waals surface area contributed by atoms with Crippen molar-refractivity contribution >= 4 is 0 Å². The van der Waals surface area contributed by atoms with E-state index in [1.54, 1.807) is 7.11 Å². The molecule has 0 aliphatic carbocycles. The molecular weight excluding hydrogens is 324 g/mol. The van der Waals surface area contributed by atoms with Crippen LogP contribution in [-0.4, -0.2) is 30.3 Å². The van der Waals surface area contributed by atoms with E-state index in [0.717, 1.165) is 23.6 Å². The van der Waals surface area contributed by atoms with E-state index in [1.807, 2.05) is 36.7 Å². The third-order valence-electron chi connectivity index (χ3n) is 4.44. The average molecular weight is 357 g/mol. The summed E-state index contributed by atoms with van der Waals surface area (Å²) < 4.78 is 10.6. The Labute approximate surface area is 158 Å². The molecular formula is C22H32N2O2. The molecule has 0 saturated heterocycles. The zero-order valence-electron chi connectivity index (χ0n) is 16.2. The monoisotopic (exact) mass is 356 g/mol. The highest BCUT2D eigenvalue weighted by Crippen LogP contribution is 2.19. The van der Waals surface area contributed by atoms with Crippen molar-refractivity contribution in [3.05, 3.63) is 42.2 Å². The first-order valence-electron chi connectivity index (χ1n) is 9.86. The molecule has 1 aromatic heterocycles. The fourth-order valence-electron chi connectivity index (χ4n) is 2.86. The van der Waals surface area contributed by atoms with Gasteiger partial charge in [-0.15, -0.1) is 0 Å². The van der Waals surface area contributed by atoms with Crippen molar-refractivity contribution in [2.24, 2.45) is 0 Å². The minimum absolute atomic E-state index is 0.555. The molecule has 26 heavy (non-hydrogen) atoms. The van der Waals surface area contributed by atoms with Gasteiger partial charge in [0.15, 0.2) is 5.82 Å². The van der Waals surface area contributed by atoms with Gasteiger partial charge in [0.2, 0.25) is 0 Å². The third-order valence-corrected chi connectivity index (χ3v) is 4.44. The first-order valence-corrected chi connectivity index (χ1v) is 9.86. The molecule has 4 heteroatoms. The highest BCUT2D eigenvalue weighted by atomic mass is 16.5. The average Bonchev–Trinajstić information content (AvgIpc) is 2.69. The van der Waals surface area contributed by atoms with Gasteiger partial charge in [0.25, 0.3) is 0 Å². The first kappa shape index (κ1) is 20.4. The van der Waals surface area contributed by atoms with Crippen LogP contribution in [0, 0.1) is 0 Å². The van der Waals surface area contributed by atoms with Crippen molar-refractivity contribution in [2.75, 3.05) is 20.3 Å². The summed E-state index contributed by atoms with van der Waals surface area (Å²) in [6.45, 7) is 3.40. The van der Waals surface area contributed by atoms with Crippen LogP contribution in [0.4, 0.5) is 0 Å². The summed E-state index contributed by atoms with van der Waals surface area (Å²) in [7, 11) is 1.67. The molecule has 0 aliphatic rings. The Morgan fingerprint density at radius 3 is 2.12 bits per heavy atom. The summed E-state index contributed by atoms with van der Waals surface area (Å²) in [5.41, 5.74) is 2.23. The first-order chi connectivity index (χ1) is 12.8. The van der Waals surface area contributed by atoms with Crippen LogP contribution in [0.2, 0.25) is 0 Å². The number of aromatic nitrogens is 2. The molecule has 0 spiro atoms. The van der Waals surface area contributed by atoms with Crippen molar-refractivity contribution in [1.29, 1.82) is 0 Å². The molecule has 0 N–H and O–H groups in total. The van der Waals surface area contributed by atoms with Gasteiger partial charge in [-0.05, 0) is 42.7 Å². The van der Waals surface area contributed by atoms with E-state index in [-0.39, 0.29) is 0 Å². The fourth-order valence-corrected chi connectivity index (χ4v) is 2.86. The minimum atomic E-state index is 0.555. The maximum atomic E-state index is 5.58. The lowest BCUT2D eigenvalue weighted by Gasteiger charge is -2.07. The van der Waals surface area contributed by atoms with E-state index < -0.39 is 0 Å². The lowest BCUT2D eigenvalue weighted by atomic mass is 10.1. The molecule has 0 atom stereocenters. The Balaban J connectivity index is 1.74. The van der Waals surface area contributed by atoms with Gasteiger partial charge in [0.05, 0.1) is 6.61 Å². The van der Waals surface area contributed by atoms with Crippen molar-refractivity contribution in [3.8, 4) is 17.1 Å².